The van der Waals surface area contributed by atoms with E-state index in [-0.39, 0.29) is 17.3 Å². The summed E-state index contributed by atoms with van der Waals surface area (Å²) in [5.74, 6) is 5.67. The van der Waals surface area contributed by atoms with E-state index in [1.165, 1.54) is 12.4 Å². The predicted molar refractivity (Wildman–Crippen MR) is 64.6 cm³/mol. The van der Waals surface area contributed by atoms with E-state index in [9.17, 15) is 4.79 Å². The number of H-pyrrole nitrogens is 1. The third-order valence-corrected chi connectivity index (χ3v) is 2.40. The Hall–Kier alpha value is -2.19. The van der Waals surface area contributed by atoms with E-state index in [0.717, 1.165) is 0 Å². The number of pyridine rings is 1. The molecule has 2 heterocycles. The molecule has 0 saturated heterocycles. The number of anilines is 1. The fourth-order valence-corrected chi connectivity index (χ4v) is 1.44. The lowest BCUT2D eigenvalue weighted by atomic mass is 10.3. The minimum atomic E-state index is -0.423. The zero-order valence-electron chi connectivity index (χ0n) is 9.14. The van der Waals surface area contributed by atoms with Gasteiger partial charge in [-0.2, -0.15) is 5.10 Å². The number of carbonyl (C=O) groups excluding carboxylic acids is 1. The molecule has 0 aliphatic rings. The van der Waals surface area contributed by atoms with Crippen molar-refractivity contribution >= 4 is 23.3 Å². The van der Waals surface area contributed by atoms with Gasteiger partial charge in [0, 0.05) is 0 Å². The SMILES string of the molecule is NNc1ccc(Cl)c(C(=O)NCc2ncn[nH]2)n1. The normalized spacial score (nSPS) is 10.1. The lowest BCUT2D eigenvalue weighted by molar-refractivity contribution is 0.0945. The number of hydrogen-bond donors (Lipinski definition) is 4. The first kappa shape index (κ1) is 12.3. The van der Waals surface area contributed by atoms with E-state index >= 15 is 0 Å². The molecule has 2 rings (SSSR count). The van der Waals surface area contributed by atoms with E-state index in [1.807, 2.05) is 0 Å². The molecule has 9 heteroatoms. The van der Waals surface area contributed by atoms with Crippen LogP contribution in [0.15, 0.2) is 18.5 Å². The Balaban J connectivity index is 2.08. The number of halogens is 1. The predicted octanol–water partition coefficient (Wildman–Crippen LogP) is 0.0687. The van der Waals surface area contributed by atoms with Crippen LogP contribution in [0, 0.1) is 0 Å². The van der Waals surface area contributed by atoms with Crippen molar-refractivity contribution in [1.82, 2.24) is 25.5 Å². The first-order chi connectivity index (χ1) is 8.70. The molecular weight excluding hydrogens is 258 g/mol. The molecule has 0 radical (unpaired) electrons. The van der Waals surface area contributed by atoms with Crippen LogP contribution < -0.4 is 16.6 Å². The molecular formula is C9H10ClN7O. The van der Waals surface area contributed by atoms with Crippen molar-refractivity contribution in [3.8, 4) is 0 Å². The zero-order chi connectivity index (χ0) is 13.0. The summed E-state index contributed by atoms with van der Waals surface area (Å²) >= 11 is 5.88. The Morgan fingerprint density at radius 2 is 2.33 bits per heavy atom. The van der Waals surface area contributed by atoms with Crippen LogP contribution in [0.1, 0.15) is 16.3 Å². The second-order valence-electron chi connectivity index (χ2n) is 3.29. The van der Waals surface area contributed by atoms with E-state index in [2.05, 4.69) is 30.9 Å². The summed E-state index contributed by atoms with van der Waals surface area (Å²) in [7, 11) is 0. The number of nitrogens with two attached hydrogens (primary N) is 1. The van der Waals surface area contributed by atoms with Gasteiger partial charge in [0.2, 0.25) is 0 Å². The van der Waals surface area contributed by atoms with Gasteiger partial charge < -0.3 is 10.7 Å². The number of nitrogens with one attached hydrogen (secondary N) is 3. The number of nitrogen functional groups attached to an aromatic ring is 1. The minimum Gasteiger partial charge on any atom is -0.343 e. The summed E-state index contributed by atoms with van der Waals surface area (Å²) in [4.78, 5) is 19.7. The van der Waals surface area contributed by atoms with Crippen molar-refractivity contribution in [3.63, 3.8) is 0 Å². The molecule has 2 aromatic heterocycles. The molecule has 8 nitrogen and oxygen atoms in total. The van der Waals surface area contributed by atoms with Crippen LogP contribution in [0.5, 0.6) is 0 Å². The Bertz CT molecular complexity index is 542. The van der Waals surface area contributed by atoms with E-state index in [0.29, 0.717) is 11.6 Å². The van der Waals surface area contributed by atoms with Crippen molar-refractivity contribution in [2.75, 3.05) is 5.43 Å². The van der Waals surface area contributed by atoms with Crippen LogP contribution in [0.2, 0.25) is 5.02 Å². The number of aromatic amines is 1. The first-order valence-corrected chi connectivity index (χ1v) is 5.34. The molecule has 0 unspecified atom stereocenters. The molecule has 0 atom stereocenters. The van der Waals surface area contributed by atoms with Gasteiger partial charge in [-0.05, 0) is 12.1 Å². The van der Waals surface area contributed by atoms with Crippen LogP contribution in [-0.4, -0.2) is 26.1 Å². The Kier molecular flexibility index (Phi) is 3.70. The number of carbonyl (C=O) groups is 1. The maximum Gasteiger partial charge on any atom is 0.271 e. The standard InChI is InChI=1S/C9H10ClN7O/c10-5-1-2-6(16-11)15-8(5)9(18)12-3-7-13-4-14-17-7/h1-2,4H,3,11H2,(H,12,18)(H,15,16)(H,13,14,17). The van der Waals surface area contributed by atoms with Gasteiger partial charge in [-0.1, -0.05) is 11.6 Å². The molecule has 0 aliphatic heterocycles. The van der Waals surface area contributed by atoms with Crippen molar-refractivity contribution < 1.29 is 4.79 Å². The van der Waals surface area contributed by atoms with Crippen LogP contribution in [0.4, 0.5) is 5.82 Å². The number of hydrazine groups is 1. The first-order valence-electron chi connectivity index (χ1n) is 4.96. The third kappa shape index (κ3) is 2.73. The third-order valence-electron chi connectivity index (χ3n) is 2.09. The lowest BCUT2D eigenvalue weighted by Gasteiger charge is -2.06. The average molecular weight is 268 g/mol. The number of rotatable bonds is 4. The topological polar surface area (TPSA) is 122 Å². The molecule has 0 saturated carbocycles. The van der Waals surface area contributed by atoms with Crippen molar-refractivity contribution in [1.29, 1.82) is 0 Å². The van der Waals surface area contributed by atoms with Crippen molar-refractivity contribution in [2.45, 2.75) is 6.54 Å². The summed E-state index contributed by atoms with van der Waals surface area (Å²) < 4.78 is 0. The fraction of sp³-hybridized carbons (Fsp3) is 0.111. The number of amides is 1. The van der Waals surface area contributed by atoms with Crippen molar-refractivity contribution in [2.24, 2.45) is 5.84 Å². The Morgan fingerprint density at radius 3 is 3.00 bits per heavy atom. The van der Waals surface area contributed by atoms with Gasteiger partial charge in [-0.3, -0.25) is 9.89 Å². The van der Waals surface area contributed by atoms with Gasteiger partial charge >= 0.3 is 0 Å². The van der Waals surface area contributed by atoms with Gasteiger partial charge in [-0.25, -0.2) is 15.8 Å². The number of hydrogen-bond acceptors (Lipinski definition) is 6. The summed E-state index contributed by atoms with van der Waals surface area (Å²) in [6.45, 7) is 0.205. The number of nitrogens with zero attached hydrogens (tertiary/aromatic N) is 3. The maximum atomic E-state index is 11.8. The molecule has 0 fully saturated rings. The highest BCUT2D eigenvalue weighted by molar-refractivity contribution is 6.33. The summed E-state index contributed by atoms with van der Waals surface area (Å²) in [5, 5.41) is 9.13. The van der Waals surface area contributed by atoms with Gasteiger partial charge in [0.15, 0.2) is 0 Å². The molecule has 0 aliphatic carbocycles. The second kappa shape index (κ2) is 5.43. The zero-order valence-corrected chi connectivity index (χ0v) is 9.90. The average Bonchev–Trinajstić information content (AvgIpc) is 2.89. The van der Waals surface area contributed by atoms with Crippen LogP contribution in [0.25, 0.3) is 0 Å². The maximum absolute atomic E-state index is 11.8. The molecule has 0 bridgehead atoms. The Morgan fingerprint density at radius 1 is 1.50 bits per heavy atom. The fourth-order valence-electron chi connectivity index (χ4n) is 1.25. The van der Waals surface area contributed by atoms with Gasteiger partial charge in [0.1, 0.15) is 23.7 Å². The number of aromatic nitrogens is 4. The Labute approximate surface area is 107 Å². The molecule has 0 spiro atoms. The van der Waals surface area contributed by atoms with E-state index in [1.54, 1.807) is 6.07 Å². The largest absolute Gasteiger partial charge is 0.343 e. The summed E-state index contributed by atoms with van der Waals surface area (Å²) in [6, 6.07) is 3.10. The second-order valence-corrected chi connectivity index (χ2v) is 3.69. The quantitative estimate of drug-likeness (QED) is 0.459. The molecule has 18 heavy (non-hydrogen) atoms. The van der Waals surface area contributed by atoms with Crippen LogP contribution in [-0.2, 0) is 6.54 Å². The summed E-state index contributed by atoms with van der Waals surface area (Å²) in [5.41, 5.74) is 2.43. The van der Waals surface area contributed by atoms with E-state index < -0.39 is 5.91 Å². The smallest absolute Gasteiger partial charge is 0.271 e. The van der Waals surface area contributed by atoms with Gasteiger partial charge in [0.25, 0.3) is 5.91 Å². The highest BCUT2D eigenvalue weighted by atomic mass is 35.5. The van der Waals surface area contributed by atoms with Gasteiger partial charge in [-0.15, -0.1) is 0 Å². The summed E-state index contributed by atoms with van der Waals surface area (Å²) in [6.07, 6.45) is 1.35. The van der Waals surface area contributed by atoms with Gasteiger partial charge in [0.05, 0.1) is 11.6 Å². The minimum absolute atomic E-state index is 0.0895. The molecule has 94 valence electrons. The molecule has 1 amide bonds. The lowest BCUT2D eigenvalue weighted by Crippen LogP contribution is -2.25. The van der Waals surface area contributed by atoms with E-state index in [4.69, 9.17) is 17.4 Å². The molecule has 2 aromatic rings. The van der Waals surface area contributed by atoms with Crippen LogP contribution >= 0.6 is 11.6 Å². The monoisotopic (exact) mass is 267 g/mol. The molecule has 5 N–H and O–H groups in total. The highest BCUT2D eigenvalue weighted by Crippen LogP contribution is 2.16. The van der Waals surface area contributed by atoms with Crippen LogP contribution in [0.3, 0.4) is 0 Å². The van der Waals surface area contributed by atoms with Crippen molar-refractivity contribution in [3.05, 3.63) is 35.0 Å². The molecule has 0 aromatic carbocycles. The highest BCUT2D eigenvalue weighted by Gasteiger charge is 2.13.